The summed E-state index contributed by atoms with van der Waals surface area (Å²) in [5.41, 5.74) is 1.39. The Kier molecular flexibility index (Phi) is 10.7. The molecule has 2 N–H and O–H groups in total. The van der Waals surface area contributed by atoms with E-state index in [2.05, 4.69) is 30.3 Å². The van der Waals surface area contributed by atoms with Crippen LogP contribution in [0.15, 0.2) is 91.0 Å². The van der Waals surface area contributed by atoms with E-state index in [1.165, 1.54) is 5.69 Å². The fourth-order valence-electron chi connectivity index (χ4n) is 3.95. The van der Waals surface area contributed by atoms with Crippen LogP contribution in [0.1, 0.15) is 0 Å². The van der Waals surface area contributed by atoms with Crippen molar-refractivity contribution in [3.63, 3.8) is 0 Å². The Morgan fingerprint density at radius 3 is 1.45 bits per heavy atom. The zero-order valence-corrected chi connectivity index (χ0v) is 19.1. The molecule has 1 aliphatic heterocycles. The summed E-state index contributed by atoms with van der Waals surface area (Å²) < 4.78 is 12.2. The number of quaternary nitrogens is 2. The van der Waals surface area contributed by atoms with E-state index in [0.717, 1.165) is 37.7 Å². The molecule has 0 amide bonds. The Morgan fingerprint density at radius 2 is 1.00 bits per heavy atom. The number of hydrogen-bond donors (Lipinski definition) is 2. The maximum atomic E-state index is 6.11. The summed E-state index contributed by atoms with van der Waals surface area (Å²) in [6, 6.07) is 31.3. The van der Waals surface area contributed by atoms with Gasteiger partial charge in [-0.15, -0.1) is 0 Å². The number of halogens is 2. The van der Waals surface area contributed by atoms with Crippen LogP contribution >= 0.6 is 0 Å². The third-order valence-corrected chi connectivity index (χ3v) is 5.64. The number of ether oxygens (including phenoxy) is 2. The highest BCUT2D eigenvalue weighted by molar-refractivity contribution is 5.28. The van der Waals surface area contributed by atoms with Crippen molar-refractivity contribution < 1.29 is 44.1 Å². The largest absolute Gasteiger partial charge is 1.00 e. The Hall–Kier alpha value is -2.24. The van der Waals surface area contributed by atoms with Gasteiger partial charge in [-0.25, -0.2) is 0 Å². The van der Waals surface area contributed by atoms with Crippen molar-refractivity contribution in [3.05, 3.63) is 91.0 Å². The molecule has 0 aromatic heterocycles. The van der Waals surface area contributed by atoms with Gasteiger partial charge in [0.25, 0.3) is 0 Å². The van der Waals surface area contributed by atoms with Gasteiger partial charge in [0.2, 0.25) is 0 Å². The predicted molar refractivity (Wildman–Crippen MR) is 115 cm³/mol. The molecule has 0 aliphatic carbocycles. The van der Waals surface area contributed by atoms with Gasteiger partial charge in [0.15, 0.2) is 6.04 Å². The number of piperazine rings is 1. The van der Waals surface area contributed by atoms with Crippen LogP contribution in [0.2, 0.25) is 0 Å². The summed E-state index contributed by atoms with van der Waals surface area (Å²) in [6.07, 6.45) is 0. The highest BCUT2D eigenvalue weighted by Gasteiger charge is 2.31. The third-order valence-electron chi connectivity index (χ3n) is 5.64. The summed E-state index contributed by atoms with van der Waals surface area (Å²) in [7, 11) is 0. The highest BCUT2D eigenvalue weighted by Crippen LogP contribution is 2.10. The number of hydrogen-bond acceptors (Lipinski definition) is 2. The maximum absolute atomic E-state index is 6.11. The summed E-state index contributed by atoms with van der Waals surface area (Å²) in [5.74, 6) is 1.84. The van der Waals surface area contributed by atoms with Gasteiger partial charge in [-0.3, -0.25) is 4.90 Å². The van der Waals surface area contributed by atoms with Gasteiger partial charge in [0, 0.05) is 0 Å². The van der Waals surface area contributed by atoms with Gasteiger partial charge in [0.1, 0.15) is 56.6 Å². The van der Waals surface area contributed by atoms with Gasteiger partial charge < -0.3 is 39.2 Å². The standard InChI is InChI=1S/C25H28N2O2.2ClH/c1-4-10-22(11-5-1)26-16-18-27(19-17-26)23(20-28-24-12-6-2-7-13-24)21-29-25-14-8-3-9-15-25;;/h1-15,23H,16-21H2;2*1H. The average Bonchev–Trinajstić information content (AvgIpc) is 2.81. The second-order valence-electron chi connectivity index (χ2n) is 7.57. The fourth-order valence-corrected chi connectivity index (χ4v) is 3.95. The SMILES string of the molecule is [Cl-].[Cl-].c1ccc(OCC(COc2ccccc2)[NH+]2CC[NH+](c3ccccc3)CC2)cc1. The molecule has 0 atom stereocenters. The van der Waals surface area contributed by atoms with Crippen molar-refractivity contribution in [2.45, 2.75) is 6.04 Å². The van der Waals surface area contributed by atoms with E-state index in [4.69, 9.17) is 9.47 Å². The van der Waals surface area contributed by atoms with E-state index in [-0.39, 0.29) is 24.8 Å². The number of nitrogens with one attached hydrogen (secondary N) is 2. The minimum Gasteiger partial charge on any atom is -1.00 e. The van der Waals surface area contributed by atoms with E-state index in [0.29, 0.717) is 19.3 Å². The highest BCUT2D eigenvalue weighted by atomic mass is 35.5. The van der Waals surface area contributed by atoms with E-state index in [1.54, 1.807) is 9.80 Å². The first-order valence-electron chi connectivity index (χ1n) is 10.5. The second kappa shape index (κ2) is 13.2. The average molecular weight is 461 g/mol. The quantitative estimate of drug-likeness (QED) is 0.355. The first-order valence-corrected chi connectivity index (χ1v) is 10.5. The van der Waals surface area contributed by atoms with Crippen LogP contribution < -0.4 is 44.1 Å². The molecule has 0 spiro atoms. The molecule has 4 rings (SSSR count). The van der Waals surface area contributed by atoms with Gasteiger partial charge in [-0.2, -0.15) is 0 Å². The fraction of sp³-hybridized carbons (Fsp3) is 0.280. The lowest BCUT2D eigenvalue weighted by Gasteiger charge is -2.34. The first kappa shape index (κ1) is 25.0. The maximum Gasteiger partial charge on any atom is 0.157 e. The van der Waals surface area contributed by atoms with Gasteiger partial charge in [-0.1, -0.05) is 54.6 Å². The molecule has 0 saturated carbocycles. The molecule has 4 nitrogen and oxygen atoms in total. The zero-order valence-electron chi connectivity index (χ0n) is 17.6. The Bertz CT molecular complexity index is 802. The molecule has 166 valence electrons. The third kappa shape index (κ3) is 7.44. The molecule has 1 fully saturated rings. The van der Waals surface area contributed by atoms with Crippen LogP contribution in [0.25, 0.3) is 0 Å². The van der Waals surface area contributed by atoms with Crippen molar-refractivity contribution in [2.24, 2.45) is 0 Å². The first-order chi connectivity index (χ1) is 14.4. The van der Waals surface area contributed by atoms with Crippen LogP contribution in [-0.2, 0) is 0 Å². The molecular formula is C25H30Cl2N2O2. The number of para-hydroxylation sites is 3. The molecule has 0 radical (unpaired) electrons. The molecule has 1 saturated heterocycles. The second-order valence-corrected chi connectivity index (χ2v) is 7.57. The molecule has 0 unspecified atom stereocenters. The van der Waals surface area contributed by atoms with E-state index in [9.17, 15) is 0 Å². The van der Waals surface area contributed by atoms with E-state index < -0.39 is 0 Å². The van der Waals surface area contributed by atoms with Crippen LogP contribution in [0.4, 0.5) is 5.69 Å². The summed E-state index contributed by atoms with van der Waals surface area (Å²) >= 11 is 0. The lowest BCUT2D eigenvalue weighted by atomic mass is 10.2. The van der Waals surface area contributed by atoms with Crippen LogP contribution in [0.3, 0.4) is 0 Å². The van der Waals surface area contributed by atoms with Gasteiger partial charge in [-0.05, 0) is 36.4 Å². The summed E-state index contributed by atoms with van der Waals surface area (Å²) in [4.78, 5) is 3.14. The van der Waals surface area contributed by atoms with Crippen molar-refractivity contribution in [2.75, 3.05) is 39.4 Å². The van der Waals surface area contributed by atoms with Gasteiger partial charge >= 0.3 is 0 Å². The lowest BCUT2D eigenvalue weighted by Crippen LogP contribution is -3.28. The van der Waals surface area contributed by atoms with Crippen LogP contribution in [0, 0.1) is 0 Å². The number of benzene rings is 3. The van der Waals surface area contributed by atoms with Gasteiger partial charge in [0.05, 0.1) is 0 Å². The van der Waals surface area contributed by atoms with E-state index >= 15 is 0 Å². The summed E-state index contributed by atoms with van der Waals surface area (Å²) in [6.45, 7) is 5.81. The molecule has 3 aromatic rings. The van der Waals surface area contributed by atoms with Crippen molar-refractivity contribution in [3.8, 4) is 11.5 Å². The molecular weight excluding hydrogens is 431 g/mol. The Labute approximate surface area is 197 Å². The minimum atomic E-state index is 0. The molecule has 3 aromatic carbocycles. The minimum absolute atomic E-state index is 0. The van der Waals surface area contributed by atoms with Crippen LogP contribution in [-0.4, -0.2) is 45.4 Å². The number of rotatable bonds is 8. The molecule has 0 bridgehead atoms. The topological polar surface area (TPSA) is 27.3 Å². The van der Waals surface area contributed by atoms with Crippen molar-refractivity contribution in [1.29, 1.82) is 0 Å². The predicted octanol–water partition coefficient (Wildman–Crippen LogP) is -4.36. The van der Waals surface area contributed by atoms with E-state index in [1.807, 2.05) is 60.7 Å². The lowest BCUT2D eigenvalue weighted by molar-refractivity contribution is -1.00. The molecule has 6 heteroatoms. The Balaban J connectivity index is 0.00000171. The zero-order chi connectivity index (χ0) is 19.7. The normalized spacial score (nSPS) is 17.8. The summed E-state index contributed by atoms with van der Waals surface area (Å²) in [5, 5.41) is 0. The molecule has 1 aliphatic rings. The Morgan fingerprint density at radius 1 is 0.581 bits per heavy atom. The molecule has 31 heavy (non-hydrogen) atoms. The smallest absolute Gasteiger partial charge is 0.157 e. The molecule has 1 heterocycles. The van der Waals surface area contributed by atoms with Crippen molar-refractivity contribution in [1.82, 2.24) is 0 Å². The van der Waals surface area contributed by atoms with Crippen molar-refractivity contribution >= 4 is 5.69 Å². The monoisotopic (exact) mass is 460 g/mol. The van der Waals surface area contributed by atoms with Crippen LogP contribution in [0.5, 0.6) is 11.5 Å².